The third-order valence-electron chi connectivity index (χ3n) is 2.16. The lowest BCUT2D eigenvalue weighted by Crippen LogP contribution is -2.48. The molecule has 2 N–H and O–H groups in total. The standard InChI is InChI=1S/C8H13NO4/c1-5(10)7(8(12)13)9-4-2-3-6(9)11/h5,7,10H,2-4H2,1H3,(H,12,13). The molecule has 0 aromatic heterocycles. The summed E-state index contributed by atoms with van der Waals surface area (Å²) in [5.74, 6) is -1.33. The highest BCUT2D eigenvalue weighted by Crippen LogP contribution is 2.15. The fraction of sp³-hybridized carbons (Fsp3) is 0.750. The van der Waals surface area contributed by atoms with E-state index in [1.807, 2.05) is 0 Å². The van der Waals surface area contributed by atoms with Crippen LogP contribution in [0.25, 0.3) is 0 Å². The van der Waals surface area contributed by atoms with Crippen LogP contribution >= 0.6 is 0 Å². The molecule has 2 unspecified atom stereocenters. The van der Waals surface area contributed by atoms with E-state index in [1.54, 1.807) is 0 Å². The maximum absolute atomic E-state index is 11.2. The van der Waals surface area contributed by atoms with Crippen LogP contribution in [0.1, 0.15) is 19.8 Å². The summed E-state index contributed by atoms with van der Waals surface area (Å²) in [4.78, 5) is 23.1. The Labute approximate surface area is 76.0 Å². The van der Waals surface area contributed by atoms with Crippen LogP contribution in [0.15, 0.2) is 0 Å². The number of rotatable bonds is 3. The van der Waals surface area contributed by atoms with Gasteiger partial charge in [-0.2, -0.15) is 0 Å². The van der Waals surface area contributed by atoms with E-state index in [0.717, 1.165) is 0 Å². The molecule has 1 rings (SSSR count). The number of carboxylic acids is 1. The largest absolute Gasteiger partial charge is 0.480 e. The lowest BCUT2D eigenvalue weighted by Gasteiger charge is -2.26. The van der Waals surface area contributed by atoms with Gasteiger partial charge < -0.3 is 15.1 Å². The van der Waals surface area contributed by atoms with Crippen LogP contribution in [0.3, 0.4) is 0 Å². The number of aliphatic carboxylic acids is 1. The Bertz CT molecular complexity index is 226. The zero-order chi connectivity index (χ0) is 10.0. The first-order chi connectivity index (χ1) is 6.04. The monoisotopic (exact) mass is 187 g/mol. The van der Waals surface area contributed by atoms with Gasteiger partial charge in [0, 0.05) is 13.0 Å². The number of amides is 1. The molecule has 0 saturated carbocycles. The van der Waals surface area contributed by atoms with Gasteiger partial charge in [0.05, 0.1) is 6.10 Å². The quantitative estimate of drug-likeness (QED) is 0.621. The fourth-order valence-corrected chi connectivity index (χ4v) is 1.56. The Morgan fingerprint density at radius 2 is 2.23 bits per heavy atom. The van der Waals surface area contributed by atoms with E-state index < -0.39 is 18.1 Å². The number of aliphatic hydroxyl groups is 1. The van der Waals surface area contributed by atoms with Crippen molar-refractivity contribution >= 4 is 11.9 Å². The Hall–Kier alpha value is -1.10. The lowest BCUT2D eigenvalue weighted by atomic mass is 10.1. The summed E-state index contributed by atoms with van der Waals surface area (Å²) in [6.07, 6.45) is 0.0331. The third kappa shape index (κ3) is 1.98. The minimum Gasteiger partial charge on any atom is -0.480 e. The van der Waals surface area contributed by atoms with Crippen molar-refractivity contribution in [3.63, 3.8) is 0 Å². The lowest BCUT2D eigenvalue weighted by molar-refractivity contribution is -0.152. The molecule has 1 heterocycles. The molecule has 0 spiro atoms. The molecule has 74 valence electrons. The van der Waals surface area contributed by atoms with Gasteiger partial charge in [0.25, 0.3) is 0 Å². The second-order valence-corrected chi connectivity index (χ2v) is 3.21. The summed E-state index contributed by atoms with van der Waals surface area (Å²) in [5, 5.41) is 18.0. The van der Waals surface area contributed by atoms with Crippen molar-refractivity contribution in [2.24, 2.45) is 0 Å². The van der Waals surface area contributed by atoms with Gasteiger partial charge in [-0.15, -0.1) is 0 Å². The minimum atomic E-state index is -1.15. The van der Waals surface area contributed by atoms with Crippen molar-refractivity contribution in [2.45, 2.75) is 31.9 Å². The molecule has 0 aliphatic carbocycles. The number of hydrogen-bond donors (Lipinski definition) is 2. The maximum Gasteiger partial charge on any atom is 0.329 e. The highest BCUT2D eigenvalue weighted by atomic mass is 16.4. The van der Waals surface area contributed by atoms with E-state index >= 15 is 0 Å². The highest BCUT2D eigenvalue weighted by molar-refractivity contribution is 5.85. The van der Waals surface area contributed by atoms with Gasteiger partial charge in [0.15, 0.2) is 6.04 Å². The summed E-state index contributed by atoms with van der Waals surface area (Å²) in [6, 6.07) is -1.09. The van der Waals surface area contributed by atoms with Gasteiger partial charge in [-0.3, -0.25) is 4.79 Å². The average Bonchev–Trinajstić information content (AvgIpc) is 2.35. The van der Waals surface area contributed by atoms with Gasteiger partial charge in [0.2, 0.25) is 5.91 Å². The number of carbonyl (C=O) groups is 2. The van der Waals surface area contributed by atoms with E-state index in [4.69, 9.17) is 5.11 Å². The molecule has 1 aliphatic heterocycles. The molecule has 13 heavy (non-hydrogen) atoms. The van der Waals surface area contributed by atoms with Gasteiger partial charge in [0.1, 0.15) is 0 Å². The topological polar surface area (TPSA) is 77.8 Å². The zero-order valence-corrected chi connectivity index (χ0v) is 7.43. The van der Waals surface area contributed by atoms with Crippen LogP contribution in [-0.2, 0) is 9.59 Å². The second-order valence-electron chi connectivity index (χ2n) is 3.21. The number of carboxylic acid groups (broad SMARTS) is 1. The molecular weight excluding hydrogens is 174 g/mol. The molecule has 5 nitrogen and oxygen atoms in total. The first kappa shape index (κ1) is 9.98. The van der Waals surface area contributed by atoms with Crippen LogP contribution in [0.2, 0.25) is 0 Å². The molecule has 1 amide bonds. The van der Waals surface area contributed by atoms with Crippen molar-refractivity contribution in [1.29, 1.82) is 0 Å². The molecule has 1 saturated heterocycles. The number of carbonyl (C=O) groups excluding carboxylic acids is 1. The van der Waals surface area contributed by atoms with Crippen LogP contribution in [0, 0.1) is 0 Å². The Balaban J connectivity index is 2.75. The molecule has 0 aromatic carbocycles. The van der Waals surface area contributed by atoms with Gasteiger partial charge in [-0.1, -0.05) is 0 Å². The van der Waals surface area contributed by atoms with Crippen molar-refractivity contribution in [2.75, 3.05) is 6.54 Å². The van der Waals surface area contributed by atoms with Crippen molar-refractivity contribution in [1.82, 2.24) is 4.90 Å². The molecule has 0 radical (unpaired) electrons. The van der Waals surface area contributed by atoms with E-state index in [2.05, 4.69) is 0 Å². The van der Waals surface area contributed by atoms with Gasteiger partial charge in [-0.05, 0) is 13.3 Å². The smallest absolute Gasteiger partial charge is 0.329 e. The van der Waals surface area contributed by atoms with Crippen molar-refractivity contribution in [3.05, 3.63) is 0 Å². The summed E-state index contributed by atoms with van der Waals surface area (Å²) in [5.41, 5.74) is 0. The van der Waals surface area contributed by atoms with Gasteiger partial charge in [-0.25, -0.2) is 4.79 Å². The summed E-state index contributed by atoms with van der Waals surface area (Å²) in [6.45, 7) is 1.81. The first-order valence-electron chi connectivity index (χ1n) is 4.24. The fourth-order valence-electron chi connectivity index (χ4n) is 1.56. The van der Waals surface area contributed by atoms with Crippen LogP contribution in [0.5, 0.6) is 0 Å². The second kappa shape index (κ2) is 3.74. The van der Waals surface area contributed by atoms with Crippen molar-refractivity contribution < 1.29 is 19.8 Å². The van der Waals surface area contributed by atoms with E-state index in [-0.39, 0.29) is 5.91 Å². The number of hydrogen-bond acceptors (Lipinski definition) is 3. The molecule has 1 aliphatic rings. The number of likely N-dealkylation sites (tertiary alicyclic amines) is 1. The van der Waals surface area contributed by atoms with Crippen LogP contribution in [-0.4, -0.2) is 45.7 Å². The number of aliphatic hydroxyl groups excluding tert-OH is 1. The maximum atomic E-state index is 11.2. The van der Waals surface area contributed by atoms with Crippen LogP contribution in [0.4, 0.5) is 0 Å². The third-order valence-corrected chi connectivity index (χ3v) is 2.16. The van der Waals surface area contributed by atoms with Crippen LogP contribution < -0.4 is 0 Å². The summed E-state index contributed by atoms with van der Waals surface area (Å²) in [7, 11) is 0. The van der Waals surface area contributed by atoms with E-state index in [0.29, 0.717) is 19.4 Å². The molecule has 0 bridgehead atoms. The molecular formula is C8H13NO4. The average molecular weight is 187 g/mol. The Morgan fingerprint density at radius 1 is 1.62 bits per heavy atom. The molecule has 2 atom stereocenters. The van der Waals surface area contributed by atoms with E-state index in [1.165, 1.54) is 11.8 Å². The SMILES string of the molecule is CC(O)C(C(=O)O)N1CCCC1=O. The van der Waals surface area contributed by atoms with E-state index in [9.17, 15) is 14.7 Å². The molecule has 0 aromatic rings. The zero-order valence-electron chi connectivity index (χ0n) is 7.43. The first-order valence-corrected chi connectivity index (χ1v) is 4.24. The predicted molar refractivity (Wildman–Crippen MR) is 44.1 cm³/mol. The minimum absolute atomic E-state index is 0.187. The normalized spacial score (nSPS) is 21.7. The molecule has 1 fully saturated rings. The van der Waals surface area contributed by atoms with Gasteiger partial charge >= 0.3 is 5.97 Å². The predicted octanol–water partition coefficient (Wildman–Crippen LogP) is -0.557. The van der Waals surface area contributed by atoms with Crippen molar-refractivity contribution in [3.8, 4) is 0 Å². The Morgan fingerprint density at radius 3 is 2.54 bits per heavy atom. The summed E-state index contributed by atoms with van der Waals surface area (Å²) < 4.78 is 0. The summed E-state index contributed by atoms with van der Waals surface area (Å²) >= 11 is 0. The Kier molecular flexibility index (Phi) is 2.87. The number of nitrogens with zero attached hydrogens (tertiary/aromatic N) is 1. The highest BCUT2D eigenvalue weighted by Gasteiger charge is 2.35. The molecule has 5 heteroatoms.